The standard InChI is InChI=1S/C20H33FN6O3/c1-14-19(30-15-8-5-4-6-9-15)24-12-16(25-14)18(22)17(27(3)23)13-29-20(28)26(2)11-7-10-21/h12,15H,4-11,13,22-23H2,1-3H3/b18-17-. The lowest BCUT2D eigenvalue weighted by atomic mass is 9.98. The molecule has 4 N–H and O–H groups in total. The maximum atomic E-state index is 12.3. The Balaban J connectivity index is 2.09. The van der Waals surface area contributed by atoms with Crippen LogP contribution in [0.25, 0.3) is 5.70 Å². The van der Waals surface area contributed by atoms with Crippen molar-refractivity contribution >= 4 is 11.8 Å². The number of hydrogen-bond acceptors (Lipinski definition) is 8. The number of carbonyl (C=O) groups excluding carboxylic acids is 1. The van der Waals surface area contributed by atoms with Gasteiger partial charge in [0.15, 0.2) is 0 Å². The van der Waals surface area contributed by atoms with Crippen molar-refractivity contribution in [3.8, 4) is 5.88 Å². The highest BCUT2D eigenvalue weighted by atomic mass is 19.1. The molecule has 10 heteroatoms. The third-order valence-electron chi connectivity index (χ3n) is 5.02. The lowest BCUT2D eigenvalue weighted by Crippen LogP contribution is -2.34. The molecule has 9 nitrogen and oxygen atoms in total. The van der Waals surface area contributed by atoms with Crippen molar-refractivity contribution in [2.45, 2.75) is 51.6 Å². The molecule has 1 fully saturated rings. The van der Waals surface area contributed by atoms with E-state index < -0.39 is 12.8 Å². The molecule has 0 radical (unpaired) electrons. The minimum absolute atomic E-state index is 0.154. The Labute approximate surface area is 177 Å². The number of likely N-dealkylation sites (N-methyl/N-ethyl adjacent to an activating group) is 1. The van der Waals surface area contributed by atoms with Crippen LogP contribution in [0.4, 0.5) is 9.18 Å². The molecule has 1 aliphatic rings. The fourth-order valence-corrected chi connectivity index (χ4v) is 3.20. The lowest BCUT2D eigenvalue weighted by Gasteiger charge is -2.23. The molecule has 0 saturated heterocycles. The normalized spacial score (nSPS) is 15.4. The predicted molar refractivity (Wildman–Crippen MR) is 112 cm³/mol. The maximum absolute atomic E-state index is 12.3. The SMILES string of the molecule is Cc1nc(/C(N)=C(\COC(=O)N(C)CCCF)N(C)N)cnc1OC1CCCCC1. The smallest absolute Gasteiger partial charge is 0.409 e. The van der Waals surface area contributed by atoms with Crippen LogP contribution in [0.5, 0.6) is 5.88 Å². The van der Waals surface area contributed by atoms with Gasteiger partial charge in [-0.2, -0.15) is 0 Å². The number of halogens is 1. The van der Waals surface area contributed by atoms with Crippen molar-refractivity contribution in [3.63, 3.8) is 0 Å². The molecule has 0 aromatic carbocycles. The summed E-state index contributed by atoms with van der Waals surface area (Å²) in [6.07, 6.45) is 6.99. The predicted octanol–water partition coefficient (Wildman–Crippen LogP) is 2.36. The summed E-state index contributed by atoms with van der Waals surface area (Å²) >= 11 is 0. The summed E-state index contributed by atoms with van der Waals surface area (Å²) in [6, 6.07) is 0. The maximum Gasteiger partial charge on any atom is 0.409 e. The van der Waals surface area contributed by atoms with Gasteiger partial charge in [0, 0.05) is 20.6 Å². The third kappa shape index (κ3) is 6.72. The first kappa shape index (κ1) is 23.7. The molecule has 1 amide bonds. The van der Waals surface area contributed by atoms with E-state index in [1.165, 1.54) is 42.4 Å². The number of alkyl halides is 1. The van der Waals surface area contributed by atoms with E-state index in [-0.39, 0.29) is 31.4 Å². The molecule has 30 heavy (non-hydrogen) atoms. The van der Waals surface area contributed by atoms with E-state index in [0.29, 0.717) is 23.0 Å². The number of aromatic nitrogens is 2. The molecule has 1 saturated carbocycles. The number of nitrogens with two attached hydrogens (primary N) is 2. The summed E-state index contributed by atoms with van der Waals surface area (Å²) < 4.78 is 23.5. The minimum atomic E-state index is -0.589. The van der Waals surface area contributed by atoms with E-state index in [1.807, 2.05) is 6.92 Å². The van der Waals surface area contributed by atoms with Gasteiger partial charge >= 0.3 is 6.09 Å². The van der Waals surface area contributed by atoms with Gasteiger partial charge in [-0.15, -0.1) is 0 Å². The first-order chi connectivity index (χ1) is 14.3. The third-order valence-corrected chi connectivity index (χ3v) is 5.02. The summed E-state index contributed by atoms with van der Waals surface area (Å²) in [6.45, 7) is 1.42. The van der Waals surface area contributed by atoms with Gasteiger partial charge in [-0.1, -0.05) is 6.42 Å². The molecule has 0 aliphatic heterocycles. The molecule has 1 aromatic heterocycles. The molecule has 0 bridgehead atoms. The number of rotatable bonds is 9. The summed E-state index contributed by atoms with van der Waals surface area (Å²) in [5.74, 6) is 6.38. The number of hydrazine groups is 1. The Kier molecular flexibility index (Phi) is 9.10. The number of ether oxygens (including phenoxy) is 2. The van der Waals surface area contributed by atoms with Gasteiger partial charge in [-0.25, -0.2) is 20.6 Å². The quantitative estimate of drug-likeness (QED) is 0.458. The highest BCUT2D eigenvalue weighted by Gasteiger charge is 2.19. The highest BCUT2D eigenvalue weighted by molar-refractivity contribution is 5.68. The van der Waals surface area contributed by atoms with Crippen LogP contribution in [-0.4, -0.2) is 66.0 Å². The van der Waals surface area contributed by atoms with E-state index in [0.717, 1.165) is 12.8 Å². The summed E-state index contributed by atoms with van der Waals surface area (Å²) in [7, 11) is 3.13. The van der Waals surface area contributed by atoms with Crippen LogP contribution in [0, 0.1) is 6.92 Å². The van der Waals surface area contributed by atoms with Crippen LogP contribution in [0.15, 0.2) is 11.9 Å². The van der Waals surface area contributed by atoms with Crippen LogP contribution in [0.2, 0.25) is 0 Å². The molecule has 0 unspecified atom stereocenters. The van der Waals surface area contributed by atoms with Crippen molar-refractivity contribution in [2.75, 3.05) is 33.9 Å². The van der Waals surface area contributed by atoms with Gasteiger partial charge in [0.25, 0.3) is 0 Å². The first-order valence-corrected chi connectivity index (χ1v) is 10.2. The van der Waals surface area contributed by atoms with Gasteiger partial charge in [-0.05, 0) is 39.0 Å². The number of amides is 1. The summed E-state index contributed by atoms with van der Waals surface area (Å²) in [5, 5.41) is 1.27. The van der Waals surface area contributed by atoms with Crippen LogP contribution in [-0.2, 0) is 4.74 Å². The van der Waals surface area contributed by atoms with E-state index >= 15 is 0 Å². The Morgan fingerprint density at radius 3 is 2.60 bits per heavy atom. The molecule has 1 aliphatic carbocycles. The molecule has 0 spiro atoms. The second-order valence-electron chi connectivity index (χ2n) is 7.51. The average Bonchev–Trinajstić information content (AvgIpc) is 2.73. The largest absolute Gasteiger partial charge is 0.473 e. The fraction of sp³-hybridized carbons (Fsp3) is 0.650. The highest BCUT2D eigenvalue weighted by Crippen LogP contribution is 2.24. The summed E-state index contributed by atoms with van der Waals surface area (Å²) in [4.78, 5) is 22.2. The fourth-order valence-electron chi connectivity index (χ4n) is 3.20. The van der Waals surface area contributed by atoms with Crippen molar-refractivity contribution in [2.24, 2.45) is 11.6 Å². The number of aryl methyl sites for hydroxylation is 1. The zero-order chi connectivity index (χ0) is 22.1. The van der Waals surface area contributed by atoms with Gasteiger partial charge < -0.3 is 25.1 Å². The van der Waals surface area contributed by atoms with E-state index in [1.54, 1.807) is 7.05 Å². The van der Waals surface area contributed by atoms with Crippen molar-refractivity contribution in [1.29, 1.82) is 0 Å². The minimum Gasteiger partial charge on any atom is -0.473 e. The second-order valence-corrected chi connectivity index (χ2v) is 7.51. The van der Waals surface area contributed by atoms with Crippen LogP contribution in [0.1, 0.15) is 49.9 Å². The monoisotopic (exact) mass is 424 g/mol. The zero-order valence-corrected chi connectivity index (χ0v) is 18.1. The Bertz CT molecular complexity index is 737. The lowest BCUT2D eigenvalue weighted by molar-refractivity contribution is 0.112. The van der Waals surface area contributed by atoms with Crippen LogP contribution in [0.3, 0.4) is 0 Å². The Morgan fingerprint density at radius 1 is 1.30 bits per heavy atom. The molecule has 2 rings (SSSR count). The number of hydrogen-bond donors (Lipinski definition) is 2. The summed E-state index contributed by atoms with van der Waals surface area (Å²) in [5.41, 5.74) is 7.91. The zero-order valence-electron chi connectivity index (χ0n) is 18.1. The number of nitrogens with zero attached hydrogens (tertiary/aromatic N) is 4. The molecule has 168 valence electrons. The second kappa shape index (κ2) is 11.5. The van der Waals surface area contributed by atoms with Gasteiger partial charge in [-0.3, -0.25) is 4.39 Å². The van der Waals surface area contributed by atoms with E-state index in [9.17, 15) is 9.18 Å². The van der Waals surface area contributed by atoms with E-state index in [2.05, 4.69) is 9.97 Å². The molecule has 1 aromatic rings. The molecule has 0 atom stereocenters. The van der Waals surface area contributed by atoms with Crippen LogP contribution >= 0.6 is 0 Å². The van der Waals surface area contributed by atoms with Crippen molar-refractivity contribution < 1.29 is 18.7 Å². The van der Waals surface area contributed by atoms with Gasteiger partial charge in [0.1, 0.15) is 24.1 Å². The average molecular weight is 425 g/mol. The first-order valence-electron chi connectivity index (χ1n) is 10.2. The van der Waals surface area contributed by atoms with Crippen LogP contribution < -0.4 is 16.3 Å². The molecule has 1 heterocycles. The Morgan fingerprint density at radius 2 is 2.00 bits per heavy atom. The van der Waals surface area contributed by atoms with Gasteiger partial charge in [0.05, 0.1) is 24.3 Å². The number of carbonyl (C=O) groups is 1. The van der Waals surface area contributed by atoms with Gasteiger partial charge in [0.2, 0.25) is 5.88 Å². The van der Waals surface area contributed by atoms with Crippen molar-refractivity contribution in [3.05, 3.63) is 23.3 Å². The Hall–Kier alpha value is -2.62. The van der Waals surface area contributed by atoms with E-state index in [4.69, 9.17) is 21.1 Å². The topological polar surface area (TPSA) is 120 Å². The molecular weight excluding hydrogens is 391 g/mol. The molecular formula is C20H33FN6O3. The van der Waals surface area contributed by atoms with Crippen molar-refractivity contribution in [1.82, 2.24) is 19.9 Å².